The molecule has 0 fully saturated rings. The molecule has 0 bridgehead atoms. The fraction of sp³-hybridized carbons (Fsp3) is 0.250. The van der Waals surface area contributed by atoms with E-state index in [2.05, 4.69) is 0 Å². The lowest BCUT2D eigenvalue weighted by Gasteiger charge is -2.09. The van der Waals surface area contributed by atoms with E-state index in [1.807, 2.05) is 0 Å². The van der Waals surface area contributed by atoms with Crippen LogP contribution in [-0.2, 0) is 0 Å². The largest absolute Gasteiger partial charge is 0.508 e. The van der Waals surface area contributed by atoms with Crippen LogP contribution in [-0.4, -0.2) is 16.9 Å². The summed E-state index contributed by atoms with van der Waals surface area (Å²) >= 11 is 0. The first kappa shape index (κ1) is 12.0. The van der Waals surface area contributed by atoms with Crippen molar-refractivity contribution in [2.24, 2.45) is 5.73 Å². The smallest absolute Gasteiger partial charge is 0.120 e. The number of rotatable bonds is 2. The summed E-state index contributed by atoms with van der Waals surface area (Å²) < 4.78 is 12.1. The highest BCUT2D eigenvalue weighted by Crippen LogP contribution is 2.26. The summed E-state index contributed by atoms with van der Waals surface area (Å²) in [6.45, 7) is -0.767. The molecule has 1 aromatic rings. The summed E-state index contributed by atoms with van der Waals surface area (Å²) in [6.07, 6.45) is 0. The predicted octanol–water partition coefficient (Wildman–Crippen LogP) is 1.49. The second kappa shape index (κ2) is 4.89. The summed E-state index contributed by atoms with van der Waals surface area (Å²) in [5.41, 5.74) is 5.54. The van der Waals surface area contributed by atoms with Gasteiger partial charge in [-0.2, -0.15) is 0 Å². The molecule has 4 N–H and O–H groups in total. The summed E-state index contributed by atoms with van der Waals surface area (Å²) in [7, 11) is 0. The Bertz CT molecular complexity index is 283. The fourth-order valence-electron chi connectivity index (χ4n) is 0.922. The van der Waals surface area contributed by atoms with E-state index in [4.69, 9.17) is 10.8 Å². The Hall–Kier alpha value is -1.00. The number of alkyl halides is 1. The Balaban J connectivity index is 0.00000144. The monoisotopic (exact) mass is 207 g/mol. The zero-order chi connectivity index (χ0) is 9.14. The number of phenolic OH excluding ortho intramolecular Hbond substituents is 2. The maximum absolute atomic E-state index is 12.1. The number of hydrogen-bond donors (Lipinski definition) is 3. The zero-order valence-corrected chi connectivity index (χ0v) is 7.59. The van der Waals surface area contributed by atoms with Crippen molar-refractivity contribution in [1.82, 2.24) is 0 Å². The van der Waals surface area contributed by atoms with Crippen LogP contribution < -0.4 is 5.73 Å². The van der Waals surface area contributed by atoms with Crippen molar-refractivity contribution >= 4 is 12.4 Å². The first-order valence-corrected chi connectivity index (χ1v) is 3.48. The number of hydrogen-bond acceptors (Lipinski definition) is 3. The minimum absolute atomic E-state index is 0. The standard InChI is InChI=1S/C8H10FNO2.ClH/c9-4-7(10)6-3-5(11)1-2-8(6)12;/h1-3,7,11-12H,4,10H2;1H/t7-;/m1./s1. The molecule has 0 unspecified atom stereocenters. The van der Waals surface area contributed by atoms with Gasteiger partial charge in [-0.1, -0.05) is 0 Å². The number of nitrogens with two attached hydrogens (primary N) is 1. The van der Waals surface area contributed by atoms with Crippen LogP contribution >= 0.6 is 12.4 Å². The molecule has 0 aromatic heterocycles. The topological polar surface area (TPSA) is 66.5 Å². The molecule has 0 radical (unpaired) electrons. The van der Waals surface area contributed by atoms with E-state index in [-0.39, 0.29) is 29.5 Å². The molecular weight excluding hydrogens is 197 g/mol. The highest BCUT2D eigenvalue weighted by Gasteiger charge is 2.10. The van der Waals surface area contributed by atoms with Gasteiger partial charge in [-0.05, 0) is 18.2 Å². The highest BCUT2D eigenvalue weighted by atomic mass is 35.5. The van der Waals surface area contributed by atoms with Gasteiger partial charge in [0, 0.05) is 5.56 Å². The average molecular weight is 208 g/mol. The van der Waals surface area contributed by atoms with E-state index in [0.29, 0.717) is 0 Å². The molecule has 0 aliphatic carbocycles. The SMILES string of the molecule is Cl.N[C@H](CF)c1cc(O)ccc1O. The minimum Gasteiger partial charge on any atom is -0.508 e. The van der Waals surface area contributed by atoms with Gasteiger partial charge in [0.2, 0.25) is 0 Å². The van der Waals surface area contributed by atoms with Crippen molar-refractivity contribution in [1.29, 1.82) is 0 Å². The quantitative estimate of drug-likeness (QED) is 0.644. The molecule has 0 spiro atoms. The molecule has 1 rings (SSSR count). The maximum atomic E-state index is 12.1. The van der Waals surface area contributed by atoms with Crippen LogP contribution in [0.5, 0.6) is 11.5 Å². The molecule has 0 aliphatic rings. The van der Waals surface area contributed by atoms with Crippen LogP contribution in [0.3, 0.4) is 0 Å². The van der Waals surface area contributed by atoms with Crippen molar-refractivity contribution < 1.29 is 14.6 Å². The summed E-state index contributed by atoms with van der Waals surface area (Å²) in [6, 6.07) is 2.96. The van der Waals surface area contributed by atoms with Crippen LogP contribution in [0.1, 0.15) is 11.6 Å². The highest BCUT2D eigenvalue weighted by molar-refractivity contribution is 5.85. The third-order valence-electron chi connectivity index (χ3n) is 1.58. The maximum Gasteiger partial charge on any atom is 0.120 e. The Kier molecular flexibility index (Phi) is 4.51. The van der Waals surface area contributed by atoms with Crippen molar-refractivity contribution in [2.45, 2.75) is 6.04 Å². The van der Waals surface area contributed by atoms with E-state index in [1.165, 1.54) is 18.2 Å². The molecule has 3 nitrogen and oxygen atoms in total. The number of aromatic hydroxyl groups is 2. The average Bonchev–Trinajstić information content (AvgIpc) is 2.08. The molecule has 0 saturated heterocycles. The Labute approximate surface area is 81.4 Å². The Morgan fingerprint density at radius 3 is 2.54 bits per heavy atom. The first-order valence-electron chi connectivity index (χ1n) is 3.48. The van der Waals surface area contributed by atoms with Gasteiger partial charge in [-0.25, -0.2) is 4.39 Å². The van der Waals surface area contributed by atoms with Crippen molar-refractivity contribution in [3.05, 3.63) is 23.8 Å². The number of halogens is 2. The second-order valence-electron chi connectivity index (χ2n) is 2.50. The van der Waals surface area contributed by atoms with Crippen molar-refractivity contribution in [2.75, 3.05) is 6.67 Å². The third-order valence-corrected chi connectivity index (χ3v) is 1.58. The summed E-state index contributed by atoms with van der Waals surface area (Å²) in [5, 5.41) is 18.2. The molecule has 1 atom stereocenters. The number of phenols is 2. The van der Waals surface area contributed by atoms with Gasteiger partial charge < -0.3 is 15.9 Å². The lowest BCUT2D eigenvalue weighted by molar-refractivity contribution is 0.410. The molecule has 74 valence electrons. The molecule has 0 amide bonds. The first-order chi connectivity index (χ1) is 5.65. The fourth-order valence-corrected chi connectivity index (χ4v) is 0.922. The Morgan fingerprint density at radius 1 is 1.38 bits per heavy atom. The molecule has 0 aliphatic heterocycles. The van der Waals surface area contributed by atoms with Crippen LogP contribution in [0.25, 0.3) is 0 Å². The predicted molar refractivity (Wildman–Crippen MR) is 49.9 cm³/mol. The van der Waals surface area contributed by atoms with Crippen LogP contribution in [0.4, 0.5) is 4.39 Å². The van der Waals surface area contributed by atoms with Gasteiger partial charge >= 0.3 is 0 Å². The van der Waals surface area contributed by atoms with E-state index in [9.17, 15) is 9.50 Å². The van der Waals surface area contributed by atoms with Crippen molar-refractivity contribution in [3.8, 4) is 11.5 Å². The second-order valence-corrected chi connectivity index (χ2v) is 2.50. The van der Waals surface area contributed by atoms with Gasteiger partial charge in [-0.15, -0.1) is 12.4 Å². The van der Waals surface area contributed by atoms with Crippen LogP contribution in [0.2, 0.25) is 0 Å². The minimum atomic E-state index is -0.878. The lowest BCUT2D eigenvalue weighted by Crippen LogP contribution is -2.12. The molecule has 13 heavy (non-hydrogen) atoms. The summed E-state index contributed by atoms with van der Waals surface area (Å²) in [4.78, 5) is 0. The van der Waals surface area contributed by atoms with Crippen LogP contribution in [0.15, 0.2) is 18.2 Å². The van der Waals surface area contributed by atoms with E-state index in [0.717, 1.165) is 0 Å². The van der Waals surface area contributed by atoms with Gasteiger partial charge in [-0.3, -0.25) is 0 Å². The van der Waals surface area contributed by atoms with Gasteiger partial charge in [0.25, 0.3) is 0 Å². The lowest BCUT2D eigenvalue weighted by atomic mass is 10.1. The van der Waals surface area contributed by atoms with E-state index in [1.54, 1.807) is 0 Å². The van der Waals surface area contributed by atoms with Crippen molar-refractivity contribution in [3.63, 3.8) is 0 Å². The van der Waals surface area contributed by atoms with Gasteiger partial charge in [0.15, 0.2) is 0 Å². The molecule has 0 heterocycles. The van der Waals surface area contributed by atoms with Gasteiger partial charge in [0.1, 0.15) is 18.2 Å². The van der Waals surface area contributed by atoms with E-state index >= 15 is 0 Å². The zero-order valence-electron chi connectivity index (χ0n) is 6.77. The molecule has 0 saturated carbocycles. The van der Waals surface area contributed by atoms with Crippen LogP contribution in [0, 0.1) is 0 Å². The summed E-state index contributed by atoms with van der Waals surface area (Å²) in [5.74, 6) is -0.135. The normalized spacial score (nSPS) is 11.8. The molecular formula is C8H11ClFNO2. The number of benzene rings is 1. The van der Waals surface area contributed by atoms with E-state index < -0.39 is 12.7 Å². The molecule has 1 aromatic carbocycles. The Morgan fingerprint density at radius 2 is 2.00 bits per heavy atom. The third kappa shape index (κ3) is 2.75. The van der Waals surface area contributed by atoms with Gasteiger partial charge in [0.05, 0.1) is 6.04 Å². The molecule has 5 heteroatoms.